The highest BCUT2D eigenvalue weighted by molar-refractivity contribution is 5.13. The SMILES string of the molecule is CC(C)Cn1ncnc1CC(NN)c1ccnnc1. The van der Waals surface area contributed by atoms with Crippen LogP contribution in [0.25, 0.3) is 0 Å². The van der Waals surface area contributed by atoms with E-state index in [0.717, 1.165) is 17.9 Å². The van der Waals surface area contributed by atoms with Gasteiger partial charge in [0.25, 0.3) is 0 Å². The van der Waals surface area contributed by atoms with E-state index >= 15 is 0 Å². The molecule has 2 heterocycles. The minimum absolute atomic E-state index is 0.0504. The summed E-state index contributed by atoms with van der Waals surface area (Å²) in [6.07, 6.45) is 5.59. The first-order valence-corrected chi connectivity index (χ1v) is 6.30. The standard InChI is InChI=1S/C12H19N7/c1-9(2)7-19-12(14-8-17-19)5-11(18-13)10-3-4-15-16-6-10/h3-4,6,8-9,11,18H,5,7,13H2,1-2H3. The minimum atomic E-state index is -0.0504. The molecule has 0 aromatic carbocycles. The second-order valence-electron chi connectivity index (χ2n) is 4.85. The lowest BCUT2D eigenvalue weighted by atomic mass is 10.1. The molecule has 2 rings (SSSR count). The summed E-state index contributed by atoms with van der Waals surface area (Å²) in [5.74, 6) is 7.05. The molecule has 1 atom stereocenters. The normalized spacial score (nSPS) is 12.8. The number of hydrogen-bond acceptors (Lipinski definition) is 6. The first-order chi connectivity index (χ1) is 9.20. The summed E-state index contributed by atoms with van der Waals surface area (Å²) in [7, 11) is 0. The number of rotatable bonds is 6. The Morgan fingerprint density at radius 3 is 2.84 bits per heavy atom. The Kier molecular flexibility index (Phi) is 4.53. The lowest BCUT2D eigenvalue weighted by Gasteiger charge is -2.16. The first-order valence-electron chi connectivity index (χ1n) is 6.30. The number of nitrogens with two attached hydrogens (primary N) is 1. The fourth-order valence-electron chi connectivity index (χ4n) is 1.91. The van der Waals surface area contributed by atoms with Crippen LogP contribution < -0.4 is 11.3 Å². The van der Waals surface area contributed by atoms with E-state index in [4.69, 9.17) is 5.84 Å². The highest BCUT2D eigenvalue weighted by Crippen LogP contribution is 2.15. The van der Waals surface area contributed by atoms with Crippen LogP contribution in [0.5, 0.6) is 0 Å². The molecule has 0 amide bonds. The first kappa shape index (κ1) is 13.6. The summed E-state index contributed by atoms with van der Waals surface area (Å²) in [5.41, 5.74) is 3.77. The molecule has 2 aromatic heterocycles. The van der Waals surface area contributed by atoms with Crippen molar-refractivity contribution in [2.24, 2.45) is 11.8 Å². The van der Waals surface area contributed by atoms with E-state index in [1.54, 1.807) is 18.7 Å². The third-order valence-electron chi connectivity index (χ3n) is 2.83. The smallest absolute Gasteiger partial charge is 0.138 e. The zero-order valence-corrected chi connectivity index (χ0v) is 11.2. The van der Waals surface area contributed by atoms with Gasteiger partial charge in [0.2, 0.25) is 0 Å². The van der Waals surface area contributed by atoms with Gasteiger partial charge in [-0.25, -0.2) is 9.67 Å². The van der Waals surface area contributed by atoms with Gasteiger partial charge in [0.05, 0.1) is 12.2 Å². The Balaban J connectivity index is 2.13. The molecule has 7 heteroatoms. The molecule has 0 saturated heterocycles. The molecule has 2 aromatic rings. The summed E-state index contributed by atoms with van der Waals surface area (Å²) < 4.78 is 1.92. The molecule has 19 heavy (non-hydrogen) atoms. The van der Waals surface area contributed by atoms with Crippen molar-refractivity contribution in [2.75, 3.05) is 0 Å². The predicted octanol–water partition coefficient (Wildman–Crippen LogP) is 0.471. The van der Waals surface area contributed by atoms with E-state index < -0.39 is 0 Å². The van der Waals surface area contributed by atoms with Crippen molar-refractivity contribution in [3.05, 3.63) is 36.2 Å². The molecule has 1 unspecified atom stereocenters. The Labute approximate surface area is 112 Å². The Hall–Kier alpha value is -1.86. The average Bonchev–Trinajstić information content (AvgIpc) is 2.83. The van der Waals surface area contributed by atoms with Crippen molar-refractivity contribution < 1.29 is 0 Å². The van der Waals surface area contributed by atoms with Gasteiger partial charge in [0, 0.05) is 19.2 Å². The molecule has 0 spiro atoms. The van der Waals surface area contributed by atoms with Crippen LogP contribution in [0.1, 0.15) is 31.3 Å². The highest BCUT2D eigenvalue weighted by Gasteiger charge is 2.15. The lowest BCUT2D eigenvalue weighted by molar-refractivity contribution is 0.446. The van der Waals surface area contributed by atoms with Crippen molar-refractivity contribution in [1.82, 2.24) is 30.4 Å². The van der Waals surface area contributed by atoms with Crippen LogP contribution >= 0.6 is 0 Å². The van der Waals surface area contributed by atoms with Gasteiger partial charge < -0.3 is 0 Å². The Bertz CT molecular complexity index is 494. The van der Waals surface area contributed by atoms with Crippen LogP contribution in [0, 0.1) is 5.92 Å². The van der Waals surface area contributed by atoms with Gasteiger partial charge in [-0.05, 0) is 17.5 Å². The van der Waals surface area contributed by atoms with Gasteiger partial charge in [-0.3, -0.25) is 11.3 Å². The molecule has 0 aliphatic heterocycles. The maximum atomic E-state index is 5.62. The average molecular weight is 261 g/mol. The number of hydrazine groups is 1. The second kappa shape index (κ2) is 6.35. The fourth-order valence-corrected chi connectivity index (χ4v) is 1.91. The number of hydrogen-bond donors (Lipinski definition) is 2. The monoisotopic (exact) mass is 261 g/mol. The number of nitrogens with zero attached hydrogens (tertiary/aromatic N) is 5. The third kappa shape index (κ3) is 3.55. The van der Waals surface area contributed by atoms with Gasteiger partial charge in [0.15, 0.2) is 0 Å². The molecule has 7 nitrogen and oxygen atoms in total. The topological polar surface area (TPSA) is 94.5 Å². The van der Waals surface area contributed by atoms with Gasteiger partial charge in [-0.2, -0.15) is 15.3 Å². The molecule has 0 bridgehead atoms. The maximum Gasteiger partial charge on any atom is 0.138 e. The van der Waals surface area contributed by atoms with Gasteiger partial charge in [-0.1, -0.05) is 13.8 Å². The summed E-state index contributed by atoms with van der Waals surface area (Å²) in [6.45, 7) is 5.15. The highest BCUT2D eigenvalue weighted by atomic mass is 15.3. The van der Waals surface area contributed by atoms with Crippen LogP contribution in [0.15, 0.2) is 24.8 Å². The molecule has 3 N–H and O–H groups in total. The fraction of sp³-hybridized carbons (Fsp3) is 0.500. The molecule has 102 valence electrons. The zero-order chi connectivity index (χ0) is 13.7. The minimum Gasteiger partial charge on any atom is -0.271 e. The molecule has 0 radical (unpaired) electrons. The predicted molar refractivity (Wildman–Crippen MR) is 70.7 cm³/mol. The van der Waals surface area contributed by atoms with Crippen LogP contribution in [0.4, 0.5) is 0 Å². The summed E-state index contributed by atoms with van der Waals surface area (Å²) in [6, 6.07) is 1.84. The van der Waals surface area contributed by atoms with E-state index in [-0.39, 0.29) is 6.04 Å². The Morgan fingerprint density at radius 2 is 2.21 bits per heavy atom. The zero-order valence-electron chi connectivity index (χ0n) is 11.2. The van der Waals surface area contributed by atoms with Gasteiger partial charge in [0.1, 0.15) is 12.2 Å². The van der Waals surface area contributed by atoms with Crippen LogP contribution in [-0.2, 0) is 13.0 Å². The maximum absolute atomic E-state index is 5.62. The summed E-state index contributed by atoms with van der Waals surface area (Å²) in [4.78, 5) is 4.30. The van der Waals surface area contributed by atoms with Gasteiger partial charge in [-0.15, -0.1) is 0 Å². The van der Waals surface area contributed by atoms with Crippen molar-refractivity contribution in [3.63, 3.8) is 0 Å². The van der Waals surface area contributed by atoms with E-state index in [0.29, 0.717) is 12.3 Å². The Morgan fingerprint density at radius 1 is 1.37 bits per heavy atom. The van der Waals surface area contributed by atoms with Crippen molar-refractivity contribution >= 4 is 0 Å². The van der Waals surface area contributed by atoms with Crippen molar-refractivity contribution in [2.45, 2.75) is 32.9 Å². The summed E-state index contributed by atoms with van der Waals surface area (Å²) in [5, 5.41) is 11.9. The van der Waals surface area contributed by atoms with Crippen molar-refractivity contribution in [3.8, 4) is 0 Å². The molecule has 0 aliphatic carbocycles. The molecular formula is C12H19N7. The van der Waals surface area contributed by atoms with Crippen LogP contribution in [0.2, 0.25) is 0 Å². The molecular weight excluding hydrogens is 242 g/mol. The van der Waals surface area contributed by atoms with Crippen LogP contribution in [0.3, 0.4) is 0 Å². The summed E-state index contributed by atoms with van der Waals surface area (Å²) >= 11 is 0. The van der Waals surface area contributed by atoms with E-state index in [9.17, 15) is 0 Å². The third-order valence-corrected chi connectivity index (χ3v) is 2.83. The largest absolute Gasteiger partial charge is 0.271 e. The van der Waals surface area contributed by atoms with Crippen LogP contribution in [-0.4, -0.2) is 25.0 Å². The van der Waals surface area contributed by atoms with E-state index in [1.807, 2.05) is 10.7 Å². The number of nitrogens with one attached hydrogen (secondary N) is 1. The molecule has 0 saturated carbocycles. The van der Waals surface area contributed by atoms with E-state index in [1.165, 1.54) is 0 Å². The van der Waals surface area contributed by atoms with Gasteiger partial charge >= 0.3 is 0 Å². The quantitative estimate of drug-likeness (QED) is 0.580. The van der Waals surface area contributed by atoms with Crippen molar-refractivity contribution in [1.29, 1.82) is 0 Å². The number of aromatic nitrogens is 5. The lowest BCUT2D eigenvalue weighted by Crippen LogP contribution is -2.30. The van der Waals surface area contributed by atoms with E-state index in [2.05, 4.69) is 39.6 Å². The molecule has 0 fully saturated rings. The molecule has 0 aliphatic rings. The second-order valence-corrected chi connectivity index (χ2v) is 4.85.